The van der Waals surface area contributed by atoms with Crippen molar-refractivity contribution < 1.29 is 4.74 Å². The zero-order chi connectivity index (χ0) is 25.6. The van der Waals surface area contributed by atoms with Gasteiger partial charge in [0.1, 0.15) is 29.0 Å². The number of rotatable bonds is 8. The zero-order valence-electron chi connectivity index (χ0n) is 20.0. The number of nitrogens with zero attached hydrogens (tertiary/aromatic N) is 4. The molecule has 1 aliphatic carbocycles. The lowest BCUT2D eigenvalue weighted by Gasteiger charge is -2.17. The Morgan fingerprint density at radius 1 is 1.19 bits per heavy atom. The van der Waals surface area contributed by atoms with E-state index in [-0.39, 0.29) is 5.92 Å². The molecular formula is C27H26ClN7O2. The third-order valence-electron chi connectivity index (χ3n) is 6.17. The molecule has 0 saturated heterocycles. The number of halogens is 1. The van der Waals surface area contributed by atoms with Crippen molar-refractivity contribution in [3.05, 3.63) is 100 Å². The zero-order valence-corrected chi connectivity index (χ0v) is 20.7. The van der Waals surface area contributed by atoms with Crippen molar-refractivity contribution in [3.63, 3.8) is 0 Å². The summed E-state index contributed by atoms with van der Waals surface area (Å²) in [6, 6.07) is 15.1. The minimum absolute atomic E-state index is 0.0113. The predicted molar refractivity (Wildman–Crippen MR) is 146 cm³/mol. The highest BCUT2D eigenvalue weighted by Gasteiger charge is 2.22. The molecule has 0 bridgehead atoms. The standard InChI is InChI=1S/C27H26ClN7O2/c28-22-12-1-2-13-24(22)37-21-11-5-10-20(14-21)31-16-30-19-8-3-6-18(7-4-9-19)25-23(34-36)15-35-26(25)27(29)32-17-33-35/h1-3,5-6,9-15,17-18,30-31H,4,7-8,16H2,(H2,29,32,33)/b6-3-,19-9+. The Hall–Kier alpha value is -4.37. The fourth-order valence-corrected chi connectivity index (χ4v) is 4.60. The topological polar surface area (TPSA) is 119 Å². The number of allylic oxidation sites excluding steroid dienone is 3. The first-order chi connectivity index (χ1) is 18.1. The highest BCUT2D eigenvalue weighted by atomic mass is 35.5. The van der Waals surface area contributed by atoms with Crippen LogP contribution in [0.4, 0.5) is 17.2 Å². The van der Waals surface area contributed by atoms with Gasteiger partial charge in [0.2, 0.25) is 0 Å². The second kappa shape index (κ2) is 11.1. The van der Waals surface area contributed by atoms with Gasteiger partial charge in [-0.1, -0.05) is 48.0 Å². The van der Waals surface area contributed by atoms with E-state index < -0.39 is 0 Å². The molecule has 5 rings (SSSR count). The van der Waals surface area contributed by atoms with Crippen molar-refractivity contribution in [2.45, 2.75) is 25.2 Å². The molecule has 1 aliphatic rings. The molecule has 1 atom stereocenters. The maximum Gasteiger partial charge on any atom is 0.151 e. The number of nitrogen functional groups attached to an aromatic ring is 1. The predicted octanol–water partition coefficient (Wildman–Crippen LogP) is 6.52. The molecule has 37 heavy (non-hydrogen) atoms. The summed E-state index contributed by atoms with van der Waals surface area (Å²) < 4.78 is 7.48. The third kappa shape index (κ3) is 5.57. The number of ether oxygens (including phenoxy) is 1. The molecule has 10 heteroatoms. The quantitative estimate of drug-likeness (QED) is 0.139. The third-order valence-corrected chi connectivity index (χ3v) is 6.48. The second-order valence-electron chi connectivity index (χ2n) is 8.59. The molecule has 2 aromatic heterocycles. The molecule has 2 heterocycles. The summed E-state index contributed by atoms with van der Waals surface area (Å²) in [6.45, 7) is 0.551. The van der Waals surface area contributed by atoms with Crippen molar-refractivity contribution in [1.29, 1.82) is 0 Å². The average molecular weight is 516 g/mol. The van der Waals surface area contributed by atoms with E-state index in [0.29, 0.717) is 40.2 Å². The molecule has 4 aromatic rings. The summed E-state index contributed by atoms with van der Waals surface area (Å²) in [5, 5.41) is 14.8. The molecule has 1 unspecified atom stereocenters. The molecule has 0 fully saturated rings. The van der Waals surface area contributed by atoms with E-state index in [2.05, 4.69) is 44.1 Å². The number of para-hydroxylation sites is 1. The van der Waals surface area contributed by atoms with Crippen LogP contribution in [0.15, 0.2) is 90.2 Å². The minimum Gasteiger partial charge on any atom is -0.456 e. The fraction of sp³-hybridized carbons (Fsp3) is 0.185. The lowest BCUT2D eigenvalue weighted by molar-refractivity contribution is 0.483. The number of nitroso groups, excluding NO2 is 1. The van der Waals surface area contributed by atoms with E-state index in [9.17, 15) is 4.91 Å². The first-order valence-electron chi connectivity index (χ1n) is 11.9. The maximum absolute atomic E-state index is 11.5. The van der Waals surface area contributed by atoms with Crippen LogP contribution in [0.25, 0.3) is 5.52 Å². The molecule has 0 saturated carbocycles. The molecule has 0 aliphatic heterocycles. The summed E-state index contributed by atoms with van der Waals surface area (Å²) in [6.07, 6.45) is 11.7. The summed E-state index contributed by atoms with van der Waals surface area (Å²) in [5.41, 5.74) is 9.89. The van der Waals surface area contributed by atoms with Gasteiger partial charge in [-0.05, 0) is 42.3 Å². The summed E-state index contributed by atoms with van der Waals surface area (Å²) in [5.74, 6) is 1.64. The smallest absolute Gasteiger partial charge is 0.151 e. The van der Waals surface area contributed by atoms with E-state index in [4.69, 9.17) is 22.1 Å². The summed E-state index contributed by atoms with van der Waals surface area (Å²) in [4.78, 5) is 15.6. The number of hydrogen-bond acceptors (Lipinski definition) is 8. The minimum atomic E-state index is -0.0113. The van der Waals surface area contributed by atoms with Crippen LogP contribution >= 0.6 is 11.6 Å². The van der Waals surface area contributed by atoms with Crippen LogP contribution in [0, 0.1) is 4.91 Å². The van der Waals surface area contributed by atoms with Crippen molar-refractivity contribution in [2.24, 2.45) is 5.18 Å². The van der Waals surface area contributed by atoms with Crippen LogP contribution in [-0.4, -0.2) is 21.3 Å². The van der Waals surface area contributed by atoms with Crippen LogP contribution in [0.5, 0.6) is 11.5 Å². The van der Waals surface area contributed by atoms with Gasteiger partial charge in [-0.25, -0.2) is 9.50 Å². The van der Waals surface area contributed by atoms with Crippen molar-refractivity contribution in [2.75, 3.05) is 17.7 Å². The SMILES string of the molecule is Nc1ncnn2cc(N=O)c(C3/C=C\C/C(NCNc4cccc(Oc5ccccc5Cl)c4)=C\CC3)c12. The van der Waals surface area contributed by atoms with Gasteiger partial charge in [0.25, 0.3) is 0 Å². The fourth-order valence-electron chi connectivity index (χ4n) is 4.43. The van der Waals surface area contributed by atoms with E-state index in [1.54, 1.807) is 16.8 Å². The van der Waals surface area contributed by atoms with Gasteiger partial charge < -0.3 is 21.1 Å². The van der Waals surface area contributed by atoms with Crippen molar-refractivity contribution in [3.8, 4) is 11.5 Å². The largest absolute Gasteiger partial charge is 0.456 e. The molecule has 0 spiro atoms. The van der Waals surface area contributed by atoms with Crippen molar-refractivity contribution >= 4 is 34.3 Å². The first kappa shape index (κ1) is 24.3. The second-order valence-corrected chi connectivity index (χ2v) is 9.00. The molecule has 4 N–H and O–H groups in total. The highest BCUT2D eigenvalue weighted by Crippen LogP contribution is 2.38. The van der Waals surface area contributed by atoms with Gasteiger partial charge in [-0.3, -0.25) is 0 Å². The molecule has 188 valence electrons. The number of fused-ring (bicyclic) bond motifs is 1. The monoisotopic (exact) mass is 515 g/mol. The van der Waals surface area contributed by atoms with E-state index in [0.717, 1.165) is 36.2 Å². The maximum atomic E-state index is 11.5. The number of aromatic nitrogens is 3. The molecule has 0 radical (unpaired) electrons. The average Bonchev–Trinajstić information content (AvgIpc) is 3.27. The normalized spacial score (nSPS) is 17.8. The number of nitrogens with two attached hydrogens (primary N) is 1. The summed E-state index contributed by atoms with van der Waals surface area (Å²) in [7, 11) is 0. The Labute approximate surface area is 219 Å². The highest BCUT2D eigenvalue weighted by molar-refractivity contribution is 6.32. The van der Waals surface area contributed by atoms with Crippen LogP contribution in [0.2, 0.25) is 5.02 Å². The lowest BCUT2D eigenvalue weighted by Crippen LogP contribution is -2.21. The first-order valence-corrected chi connectivity index (χ1v) is 12.3. The van der Waals surface area contributed by atoms with Gasteiger partial charge in [-0.15, -0.1) is 4.91 Å². The Balaban J connectivity index is 1.19. The molecular weight excluding hydrogens is 490 g/mol. The van der Waals surface area contributed by atoms with Crippen LogP contribution in [-0.2, 0) is 0 Å². The van der Waals surface area contributed by atoms with Gasteiger partial charge in [-0.2, -0.15) is 5.10 Å². The Morgan fingerprint density at radius 2 is 2.08 bits per heavy atom. The Bertz CT molecular complexity index is 1480. The number of anilines is 2. The lowest BCUT2D eigenvalue weighted by atomic mass is 9.91. The van der Waals surface area contributed by atoms with Crippen LogP contribution in [0.1, 0.15) is 30.7 Å². The van der Waals surface area contributed by atoms with E-state index >= 15 is 0 Å². The number of hydrogen-bond donors (Lipinski definition) is 3. The Kier molecular flexibility index (Phi) is 7.32. The van der Waals surface area contributed by atoms with Gasteiger partial charge in [0.15, 0.2) is 5.82 Å². The van der Waals surface area contributed by atoms with Crippen LogP contribution in [0.3, 0.4) is 0 Å². The molecule has 9 nitrogen and oxygen atoms in total. The molecule has 2 aromatic carbocycles. The molecule has 0 amide bonds. The van der Waals surface area contributed by atoms with Crippen molar-refractivity contribution in [1.82, 2.24) is 19.9 Å². The Morgan fingerprint density at radius 3 is 2.95 bits per heavy atom. The number of benzene rings is 2. The van der Waals surface area contributed by atoms with Crippen LogP contribution < -0.4 is 21.1 Å². The van der Waals surface area contributed by atoms with Gasteiger partial charge in [0, 0.05) is 35.4 Å². The van der Waals surface area contributed by atoms with E-state index in [1.165, 1.54) is 6.33 Å². The number of nitrogens with one attached hydrogen (secondary N) is 2. The summed E-state index contributed by atoms with van der Waals surface area (Å²) >= 11 is 6.20. The van der Waals surface area contributed by atoms with Gasteiger partial charge >= 0.3 is 0 Å². The van der Waals surface area contributed by atoms with Gasteiger partial charge in [0.05, 0.1) is 17.9 Å². The van der Waals surface area contributed by atoms with E-state index in [1.807, 2.05) is 42.5 Å².